The first-order valence-corrected chi connectivity index (χ1v) is 10.2. The summed E-state index contributed by atoms with van der Waals surface area (Å²) in [5.74, 6) is 0.577. The summed E-state index contributed by atoms with van der Waals surface area (Å²) in [5.41, 5.74) is 2.01. The Morgan fingerprint density at radius 1 is 1.27 bits per heavy atom. The molecule has 0 aliphatic carbocycles. The van der Waals surface area contributed by atoms with E-state index in [0.29, 0.717) is 29.1 Å². The van der Waals surface area contributed by atoms with Gasteiger partial charge in [-0.3, -0.25) is 9.52 Å². The van der Waals surface area contributed by atoms with E-state index in [9.17, 15) is 13.2 Å². The zero-order valence-electron chi connectivity index (χ0n) is 13.8. The van der Waals surface area contributed by atoms with Gasteiger partial charge in [-0.25, -0.2) is 13.4 Å². The molecule has 0 radical (unpaired) electrons. The number of hydrogen-bond donors (Lipinski definition) is 2. The predicted molar refractivity (Wildman–Crippen MR) is 100 cm³/mol. The molecule has 134 valence electrons. The van der Waals surface area contributed by atoms with Crippen LogP contribution >= 0.6 is 11.3 Å². The maximum atomic E-state index is 12.7. The minimum atomic E-state index is -3.79. The van der Waals surface area contributed by atoms with Crippen LogP contribution in [0.3, 0.4) is 0 Å². The zero-order valence-corrected chi connectivity index (χ0v) is 15.4. The van der Waals surface area contributed by atoms with Gasteiger partial charge in [-0.05, 0) is 48.9 Å². The van der Waals surface area contributed by atoms with Gasteiger partial charge in [-0.1, -0.05) is 11.3 Å². The summed E-state index contributed by atoms with van der Waals surface area (Å²) in [7, 11) is -3.79. The minimum Gasteiger partial charge on any atom is -0.494 e. The number of carbonyl (C=O) groups is 1. The standard InChI is InChI=1S/C17H15N3O4S2/c1-2-24-11-3-5-14-15(9-11)25-17(19-14)20-26(22,23)12-4-6-13-10(7-12)8-16(21)18-13/h3-7,9H,2,8H2,1H3,(H,18,21)(H,19,20). The van der Waals surface area contributed by atoms with Gasteiger partial charge in [-0.15, -0.1) is 0 Å². The van der Waals surface area contributed by atoms with E-state index in [-0.39, 0.29) is 22.4 Å². The van der Waals surface area contributed by atoms with Crippen LogP contribution in [0.5, 0.6) is 5.75 Å². The number of carbonyl (C=O) groups excluding carboxylic acids is 1. The highest BCUT2D eigenvalue weighted by Crippen LogP contribution is 2.31. The van der Waals surface area contributed by atoms with Gasteiger partial charge in [-0.2, -0.15) is 0 Å². The molecular formula is C17H15N3O4S2. The molecule has 0 saturated carbocycles. The second-order valence-corrected chi connectivity index (χ2v) is 8.44. The number of ether oxygens (including phenoxy) is 1. The monoisotopic (exact) mass is 389 g/mol. The van der Waals surface area contributed by atoms with Gasteiger partial charge in [0.05, 0.1) is 28.1 Å². The van der Waals surface area contributed by atoms with E-state index in [1.54, 1.807) is 18.2 Å². The number of hydrogen-bond acceptors (Lipinski definition) is 6. The first kappa shape index (κ1) is 16.8. The molecule has 2 aromatic carbocycles. The number of thiazole rings is 1. The number of aromatic nitrogens is 1. The van der Waals surface area contributed by atoms with Crippen LogP contribution in [0.2, 0.25) is 0 Å². The molecule has 3 aromatic rings. The van der Waals surface area contributed by atoms with Gasteiger partial charge in [0.15, 0.2) is 5.13 Å². The second-order valence-electron chi connectivity index (χ2n) is 5.73. The van der Waals surface area contributed by atoms with E-state index in [2.05, 4.69) is 15.0 Å². The van der Waals surface area contributed by atoms with Gasteiger partial charge in [0.2, 0.25) is 5.91 Å². The average molecular weight is 389 g/mol. The lowest BCUT2D eigenvalue weighted by molar-refractivity contribution is -0.115. The number of sulfonamides is 1. The summed E-state index contributed by atoms with van der Waals surface area (Å²) in [6.07, 6.45) is 0.181. The third-order valence-corrected chi connectivity index (χ3v) is 6.30. The van der Waals surface area contributed by atoms with Gasteiger partial charge >= 0.3 is 0 Å². The van der Waals surface area contributed by atoms with Crippen LogP contribution in [0.4, 0.5) is 10.8 Å². The van der Waals surface area contributed by atoms with E-state index in [4.69, 9.17) is 4.74 Å². The van der Waals surface area contributed by atoms with Crippen molar-refractivity contribution in [2.75, 3.05) is 16.6 Å². The normalized spacial score (nSPS) is 13.5. The SMILES string of the molecule is CCOc1ccc2nc(NS(=O)(=O)c3ccc4c(c3)CC(=O)N4)sc2c1. The molecule has 0 atom stereocenters. The number of benzene rings is 2. The Hall–Kier alpha value is -2.65. The third-order valence-electron chi connectivity index (χ3n) is 3.90. The van der Waals surface area contributed by atoms with E-state index in [1.807, 2.05) is 13.0 Å². The van der Waals surface area contributed by atoms with E-state index < -0.39 is 10.0 Å². The molecule has 1 aromatic heterocycles. The van der Waals surface area contributed by atoms with Crippen LogP contribution < -0.4 is 14.8 Å². The van der Waals surface area contributed by atoms with Crippen LogP contribution in [0, 0.1) is 0 Å². The Labute approximate surface area is 154 Å². The molecule has 7 nitrogen and oxygen atoms in total. The first-order chi connectivity index (χ1) is 12.4. The molecule has 0 fully saturated rings. The summed E-state index contributed by atoms with van der Waals surface area (Å²) in [4.78, 5) is 15.8. The quantitative estimate of drug-likeness (QED) is 0.699. The maximum Gasteiger partial charge on any atom is 0.263 e. The molecule has 1 amide bonds. The predicted octanol–water partition coefficient (Wildman–Crippen LogP) is 2.99. The fourth-order valence-electron chi connectivity index (χ4n) is 2.75. The summed E-state index contributed by atoms with van der Waals surface area (Å²) in [6, 6.07) is 10.0. The molecule has 9 heteroatoms. The van der Waals surface area contributed by atoms with Crippen LogP contribution in [0.25, 0.3) is 10.2 Å². The lowest BCUT2D eigenvalue weighted by atomic mass is 10.2. The Kier molecular flexibility index (Phi) is 4.04. The van der Waals surface area contributed by atoms with Crippen molar-refractivity contribution in [1.82, 2.24) is 4.98 Å². The number of nitrogens with zero attached hydrogens (tertiary/aromatic N) is 1. The summed E-state index contributed by atoms with van der Waals surface area (Å²) >= 11 is 1.24. The molecule has 2 N–H and O–H groups in total. The van der Waals surface area contributed by atoms with Crippen molar-refractivity contribution < 1.29 is 17.9 Å². The van der Waals surface area contributed by atoms with E-state index in [1.165, 1.54) is 23.5 Å². The number of nitrogens with one attached hydrogen (secondary N) is 2. The highest BCUT2D eigenvalue weighted by atomic mass is 32.2. The smallest absolute Gasteiger partial charge is 0.263 e. The second kappa shape index (κ2) is 6.26. The van der Waals surface area contributed by atoms with Crippen molar-refractivity contribution in [3.05, 3.63) is 42.0 Å². The number of rotatable bonds is 5. The maximum absolute atomic E-state index is 12.7. The lowest BCUT2D eigenvalue weighted by Crippen LogP contribution is -2.12. The molecule has 0 unspecified atom stereocenters. The van der Waals surface area contributed by atoms with Crippen molar-refractivity contribution in [2.24, 2.45) is 0 Å². The molecular weight excluding hydrogens is 374 g/mol. The highest BCUT2D eigenvalue weighted by Gasteiger charge is 2.22. The van der Waals surface area contributed by atoms with Crippen molar-refractivity contribution in [3.63, 3.8) is 0 Å². The van der Waals surface area contributed by atoms with E-state index in [0.717, 1.165) is 4.70 Å². The van der Waals surface area contributed by atoms with Crippen molar-refractivity contribution in [1.29, 1.82) is 0 Å². The zero-order chi connectivity index (χ0) is 18.3. The average Bonchev–Trinajstić information content (AvgIpc) is 3.14. The summed E-state index contributed by atoms with van der Waals surface area (Å²) < 4.78 is 34.1. The van der Waals surface area contributed by atoms with Gasteiger partial charge in [0.1, 0.15) is 5.75 Å². The van der Waals surface area contributed by atoms with Crippen LogP contribution in [-0.2, 0) is 21.2 Å². The summed E-state index contributed by atoms with van der Waals surface area (Å²) in [5, 5.41) is 2.96. The number of fused-ring (bicyclic) bond motifs is 2. The summed E-state index contributed by atoms with van der Waals surface area (Å²) in [6.45, 7) is 2.45. The Bertz CT molecular complexity index is 1120. The van der Waals surface area contributed by atoms with Crippen molar-refractivity contribution in [3.8, 4) is 5.75 Å². The minimum absolute atomic E-state index is 0.0991. The molecule has 0 saturated heterocycles. The fourth-order valence-corrected chi connectivity index (χ4v) is 4.93. The van der Waals surface area contributed by atoms with Gasteiger partial charge in [0.25, 0.3) is 10.0 Å². The van der Waals surface area contributed by atoms with Gasteiger partial charge in [0, 0.05) is 5.69 Å². The van der Waals surface area contributed by atoms with Crippen molar-refractivity contribution >= 4 is 48.3 Å². The third kappa shape index (κ3) is 3.11. The van der Waals surface area contributed by atoms with Crippen LogP contribution in [-0.4, -0.2) is 25.9 Å². The fraction of sp³-hybridized carbons (Fsp3) is 0.176. The molecule has 2 heterocycles. The van der Waals surface area contributed by atoms with Crippen LogP contribution in [0.15, 0.2) is 41.3 Å². The number of anilines is 2. The Morgan fingerprint density at radius 3 is 2.92 bits per heavy atom. The van der Waals surface area contributed by atoms with Gasteiger partial charge < -0.3 is 10.1 Å². The molecule has 4 rings (SSSR count). The Morgan fingerprint density at radius 2 is 2.12 bits per heavy atom. The first-order valence-electron chi connectivity index (χ1n) is 7.93. The Balaban J connectivity index is 1.62. The molecule has 26 heavy (non-hydrogen) atoms. The molecule has 0 bridgehead atoms. The molecule has 0 spiro atoms. The molecule has 1 aliphatic heterocycles. The van der Waals surface area contributed by atoms with Crippen molar-refractivity contribution in [2.45, 2.75) is 18.2 Å². The lowest BCUT2D eigenvalue weighted by Gasteiger charge is -2.06. The van der Waals surface area contributed by atoms with E-state index >= 15 is 0 Å². The molecule has 1 aliphatic rings. The largest absolute Gasteiger partial charge is 0.494 e. The highest BCUT2D eigenvalue weighted by molar-refractivity contribution is 7.93. The topological polar surface area (TPSA) is 97.4 Å². The van der Waals surface area contributed by atoms with Crippen LogP contribution in [0.1, 0.15) is 12.5 Å². The number of amides is 1.